The molecule has 9 nitrogen and oxygen atoms in total. The monoisotopic (exact) mass is 552 g/mol. The van der Waals surface area contributed by atoms with Gasteiger partial charge < -0.3 is 30.2 Å². The minimum absolute atomic E-state index is 0.0405. The lowest BCUT2D eigenvalue weighted by Gasteiger charge is -2.36. The van der Waals surface area contributed by atoms with Crippen LogP contribution >= 0.6 is 11.8 Å². The SMILES string of the molecule is O=C(O)CCCCC(=O)Nc1cccc([C@H]2O[C@@H](CSc3cccc[n+]3[O-])C[C@@H](c3ccc(CO)cc3)O2)c1. The Morgan fingerprint density at radius 3 is 2.54 bits per heavy atom. The molecule has 2 heterocycles. The zero-order chi connectivity index (χ0) is 27.6. The van der Waals surface area contributed by atoms with E-state index >= 15 is 0 Å². The Morgan fingerprint density at radius 1 is 1.00 bits per heavy atom. The predicted octanol–water partition coefficient (Wildman–Crippen LogP) is 4.73. The quantitative estimate of drug-likeness (QED) is 0.127. The highest BCUT2D eigenvalue weighted by atomic mass is 32.2. The first-order valence-electron chi connectivity index (χ1n) is 12.8. The summed E-state index contributed by atoms with van der Waals surface area (Å²) in [5.74, 6) is -0.511. The average molecular weight is 553 g/mol. The first-order chi connectivity index (χ1) is 18.9. The zero-order valence-corrected chi connectivity index (χ0v) is 22.2. The van der Waals surface area contributed by atoms with Crippen molar-refractivity contribution in [2.45, 2.75) is 62.2 Å². The average Bonchev–Trinajstić information content (AvgIpc) is 2.95. The second kappa shape index (κ2) is 14.1. The van der Waals surface area contributed by atoms with E-state index in [1.54, 1.807) is 18.2 Å². The Labute approximate surface area is 231 Å². The first kappa shape index (κ1) is 28.6. The van der Waals surface area contributed by atoms with Crippen LogP contribution in [0.1, 0.15) is 61.2 Å². The molecule has 1 aliphatic heterocycles. The lowest BCUT2D eigenvalue weighted by molar-refractivity contribution is -0.645. The number of ether oxygens (including phenoxy) is 2. The maximum Gasteiger partial charge on any atom is 0.303 e. The number of amides is 1. The van der Waals surface area contributed by atoms with Gasteiger partial charge in [0, 0.05) is 48.4 Å². The molecule has 4 rings (SSSR count). The van der Waals surface area contributed by atoms with Gasteiger partial charge in [0.05, 0.1) is 18.8 Å². The number of nitrogens with one attached hydrogen (secondary N) is 1. The number of hydrogen-bond donors (Lipinski definition) is 3. The molecule has 0 radical (unpaired) electrons. The molecule has 0 spiro atoms. The van der Waals surface area contributed by atoms with Crippen LogP contribution in [0.4, 0.5) is 5.69 Å². The van der Waals surface area contributed by atoms with Gasteiger partial charge in [-0.3, -0.25) is 9.59 Å². The van der Waals surface area contributed by atoms with Gasteiger partial charge in [0.2, 0.25) is 5.91 Å². The number of aliphatic carboxylic acids is 1. The maximum atomic E-state index is 12.4. The van der Waals surface area contributed by atoms with Crippen molar-refractivity contribution in [3.8, 4) is 0 Å². The smallest absolute Gasteiger partial charge is 0.303 e. The highest BCUT2D eigenvalue weighted by molar-refractivity contribution is 7.99. The van der Waals surface area contributed by atoms with E-state index in [-0.39, 0.29) is 37.6 Å². The molecule has 0 aliphatic carbocycles. The molecule has 1 saturated heterocycles. The molecule has 1 aromatic heterocycles. The first-order valence-corrected chi connectivity index (χ1v) is 13.8. The van der Waals surface area contributed by atoms with Gasteiger partial charge in [-0.2, -0.15) is 4.73 Å². The fraction of sp³-hybridized carbons (Fsp3) is 0.345. The molecule has 39 heavy (non-hydrogen) atoms. The minimum Gasteiger partial charge on any atom is -0.618 e. The van der Waals surface area contributed by atoms with Crippen molar-refractivity contribution in [3.63, 3.8) is 0 Å². The number of aliphatic hydroxyl groups is 1. The lowest BCUT2D eigenvalue weighted by Crippen LogP contribution is -2.32. The van der Waals surface area contributed by atoms with Gasteiger partial charge in [0.25, 0.3) is 5.03 Å². The van der Waals surface area contributed by atoms with E-state index in [0.717, 1.165) is 21.4 Å². The third kappa shape index (κ3) is 8.52. The second-order valence-electron chi connectivity index (χ2n) is 9.30. The number of anilines is 1. The minimum atomic E-state index is -0.870. The number of carboxylic acid groups (broad SMARTS) is 1. The van der Waals surface area contributed by atoms with Crippen LogP contribution in [-0.2, 0) is 25.7 Å². The molecule has 0 unspecified atom stereocenters. The number of pyridine rings is 1. The largest absolute Gasteiger partial charge is 0.618 e. The third-order valence-corrected chi connectivity index (χ3v) is 7.46. The number of thioether (sulfide) groups is 1. The van der Waals surface area contributed by atoms with Crippen LogP contribution in [0.3, 0.4) is 0 Å². The highest BCUT2D eigenvalue weighted by Gasteiger charge is 2.33. The van der Waals surface area contributed by atoms with Crippen molar-refractivity contribution >= 4 is 29.3 Å². The summed E-state index contributed by atoms with van der Waals surface area (Å²) < 4.78 is 13.5. The van der Waals surface area contributed by atoms with Crippen LogP contribution in [-0.4, -0.2) is 33.9 Å². The highest BCUT2D eigenvalue weighted by Crippen LogP contribution is 2.39. The third-order valence-electron chi connectivity index (χ3n) is 6.31. The lowest BCUT2D eigenvalue weighted by atomic mass is 10.0. The van der Waals surface area contributed by atoms with Crippen LogP contribution in [0.15, 0.2) is 78.0 Å². The van der Waals surface area contributed by atoms with Crippen molar-refractivity contribution in [2.75, 3.05) is 11.1 Å². The number of rotatable bonds is 12. The molecule has 3 atom stereocenters. The summed E-state index contributed by atoms with van der Waals surface area (Å²) in [5, 5.41) is 33.7. The van der Waals surface area contributed by atoms with Crippen LogP contribution in [0, 0.1) is 5.21 Å². The molecule has 3 aromatic rings. The van der Waals surface area contributed by atoms with Gasteiger partial charge in [-0.25, -0.2) is 0 Å². The Kier molecular flexibility index (Phi) is 10.3. The summed E-state index contributed by atoms with van der Waals surface area (Å²) in [6, 6.07) is 20.2. The number of aromatic nitrogens is 1. The molecule has 0 saturated carbocycles. The normalized spacial score (nSPS) is 18.9. The summed E-state index contributed by atoms with van der Waals surface area (Å²) in [6.45, 7) is -0.0405. The molecule has 3 N–H and O–H groups in total. The van der Waals surface area contributed by atoms with E-state index in [1.165, 1.54) is 18.0 Å². The topological polar surface area (TPSA) is 132 Å². The number of unbranched alkanes of at least 4 members (excludes halogenated alkanes) is 1. The molecule has 1 amide bonds. The van der Waals surface area contributed by atoms with Crippen molar-refractivity contribution in [1.82, 2.24) is 0 Å². The Hall–Kier alpha value is -3.44. The van der Waals surface area contributed by atoms with Gasteiger partial charge in [-0.15, -0.1) is 0 Å². The van der Waals surface area contributed by atoms with Gasteiger partial charge in [-0.05, 0) is 42.2 Å². The molecular formula is C29H32N2O7S. The Bertz CT molecular complexity index is 1250. The number of carbonyl (C=O) groups excluding carboxylic acids is 1. The fourth-order valence-corrected chi connectivity index (χ4v) is 5.21. The van der Waals surface area contributed by atoms with Crippen LogP contribution in [0.5, 0.6) is 0 Å². The molecule has 2 aromatic carbocycles. The second-order valence-corrected chi connectivity index (χ2v) is 10.3. The molecule has 0 bridgehead atoms. The predicted molar refractivity (Wildman–Crippen MR) is 146 cm³/mol. The summed E-state index contributed by atoms with van der Waals surface area (Å²) in [5.41, 5.74) is 3.11. The number of benzene rings is 2. The van der Waals surface area contributed by atoms with E-state index < -0.39 is 12.3 Å². The Morgan fingerprint density at radius 2 is 1.79 bits per heavy atom. The molecule has 10 heteroatoms. The summed E-state index contributed by atoms with van der Waals surface area (Å²) in [7, 11) is 0. The van der Waals surface area contributed by atoms with E-state index in [9.17, 15) is 19.9 Å². The summed E-state index contributed by atoms with van der Waals surface area (Å²) in [6.07, 6.45) is 2.08. The van der Waals surface area contributed by atoms with Crippen molar-refractivity contribution in [2.24, 2.45) is 0 Å². The van der Waals surface area contributed by atoms with Crippen LogP contribution in [0.2, 0.25) is 0 Å². The van der Waals surface area contributed by atoms with Gasteiger partial charge >= 0.3 is 5.97 Å². The number of carbonyl (C=O) groups is 2. The summed E-state index contributed by atoms with van der Waals surface area (Å²) >= 11 is 1.42. The number of nitrogens with zero attached hydrogens (tertiary/aromatic N) is 1. The van der Waals surface area contributed by atoms with E-state index in [2.05, 4.69) is 5.32 Å². The summed E-state index contributed by atoms with van der Waals surface area (Å²) in [4.78, 5) is 23.0. The zero-order valence-electron chi connectivity index (χ0n) is 21.4. The van der Waals surface area contributed by atoms with E-state index in [0.29, 0.717) is 35.7 Å². The number of aliphatic hydroxyl groups excluding tert-OH is 1. The molecule has 1 aliphatic rings. The van der Waals surface area contributed by atoms with E-state index in [1.807, 2.05) is 48.5 Å². The fourth-order valence-electron chi connectivity index (χ4n) is 4.27. The molecule has 206 valence electrons. The van der Waals surface area contributed by atoms with Crippen molar-refractivity contribution in [3.05, 3.63) is 94.8 Å². The van der Waals surface area contributed by atoms with Crippen molar-refractivity contribution < 1.29 is 34.0 Å². The maximum absolute atomic E-state index is 12.4. The van der Waals surface area contributed by atoms with Crippen LogP contribution < -0.4 is 10.0 Å². The molecular weight excluding hydrogens is 520 g/mol. The number of hydrogen-bond acceptors (Lipinski definition) is 7. The number of carboxylic acids is 1. The van der Waals surface area contributed by atoms with Gasteiger partial charge in [0.1, 0.15) is 0 Å². The standard InChI is InChI=1S/C29H32N2O7S/c32-18-20-11-13-21(14-12-20)25-17-24(19-39-27-9-3-4-15-31(27)36)37-29(38-25)22-6-5-7-23(16-22)30-26(33)8-1-2-10-28(34)35/h3-7,9,11-16,24-25,29,32H,1-2,8,10,17-19H2,(H,30,33)(H,34,35)/t24-,25+,29+/m1/s1. The van der Waals surface area contributed by atoms with Crippen molar-refractivity contribution in [1.29, 1.82) is 0 Å². The van der Waals surface area contributed by atoms with Gasteiger partial charge in [-0.1, -0.05) is 48.2 Å². The Balaban J connectivity index is 1.46. The van der Waals surface area contributed by atoms with E-state index in [4.69, 9.17) is 14.6 Å². The van der Waals surface area contributed by atoms with Crippen LogP contribution in [0.25, 0.3) is 0 Å². The van der Waals surface area contributed by atoms with Gasteiger partial charge in [0.15, 0.2) is 12.5 Å². The molecule has 1 fully saturated rings.